The van der Waals surface area contributed by atoms with Crippen LogP contribution in [-0.4, -0.2) is 53.0 Å². The van der Waals surface area contributed by atoms with Crippen LogP contribution in [-0.2, 0) is 22.5 Å². The fourth-order valence-electron chi connectivity index (χ4n) is 3.26. The van der Waals surface area contributed by atoms with Gasteiger partial charge in [-0.15, -0.1) is 0 Å². The standard InChI is InChI=1S/C21H23FN4O3S/c22-17-5-3-16(4-6-17)14-19-23-21(30-24-19)26(15-18-2-1-11-29-18)8-7-20(27)25-9-12-28-13-10-25/h1-6,11H,7-10,12-15H2. The molecule has 0 N–H and O–H groups in total. The summed E-state index contributed by atoms with van der Waals surface area (Å²) in [5, 5.41) is 0.735. The highest BCUT2D eigenvalue weighted by Gasteiger charge is 2.20. The highest BCUT2D eigenvalue weighted by molar-refractivity contribution is 7.09. The van der Waals surface area contributed by atoms with Crippen LogP contribution in [0.4, 0.5) is 9.52 Å². The Bertz CT molecular complexity index is 940. The Balaban J connectivity index is 1.43. The molecule has 0 spiro atoms. The number of benzene rings is 1. The Hall–Kier alpha value is -2.78. The summed E-state index contributed by atoms with van der Waals surface area (Å²) in [4.78, 5) is 21.1. The Morgan fingerprint density at radius 3 is 2.73 bits per heavy atom. The highest BCUT2D eigenvalue weighted by Crippen LogP contribution is 2.22. The van der Waals surface area contributed by atoms with E-state index in [4.69, 9.17) is 9.15 Å². The summed E-state index contributed by atoms with van der Waals surface area (Å²) in [6.45, 7) is 3.47. The number of aromatic nitrogens is 2. The minimum absolute atomic E-state index is 0.110. The van der Waals surface area contributed by atoms with E-state index in [0.717, 1.165) is 16.5 Å². The van der Waals surface area contributed by atoms with Crippen LogP contribution in [0, 0.1) is 5.82 Å². The van der Waals surface area contributed by atoms with Gasteiger partial charge in [0.25, 0.3) is 0 Å². The van der Waals surface area contributed by atoms with Crippen molar-refractivity contribution in [2.24, 2.45) is 0 Å². The van der Waals surface area contributed by atoms with Gasteiger partial charge in [-0.05, 0) is 29.8 Å². The van der Waals surface area contributed by atoms with Crippen molar-refractivity contribution in [1.82, 2.24) is 14.3 Å². The summed E-state index contributed by atoms with van der Waals surface area (Å²) < 4.78 is 28.4. The number of rotatable bonds is 8. The van der Waals surface area contributed by atoms with Crippen LogP contribution in [0.1, 0.15) is 23.6 Å². The molecule has 1 amide bonds. The molecule has 0 aliphatic carbocycles. The molecule has 1 aliphatic rings. The number of anilines is 1. The first-order valence-electron chi connectivity index (χ1n) is 9.87. The number of nitrogens with zero attached hydrogens (tertiary/aromatic N) is 4. The number of carbonyl (C=O) groups excluding carboxylic acids is 1. The first-order chi connectivity index (χ1) is 14.7. The molecule has 7 nitrogen and oxygen atoms in total. The van der Waals surface area contributed by atoms with Crippen molar-refractivity contribution < 1.29 is 18.3 Å². The van der Waals surface area contributed by atoms with Gasteiger partial charge < -0.3 is 19.0 Å². The van der Waals surface area contributed by atoms with Gasteiger partial charge in [-0.3, -0.25) is 4.79 Å². The lowest BCUT2D eigenvalue weighted by molar-refractivity contribution is -0.135. The van der Waals surface area contributed by atoms with Crippen LogP contribution >= 0.6 is 11.5 Å². The maximum absolute atomic E-state index is 13.1. The number of amides is 1. The fraction of sp³-hybridized carbons (Fsp3) is 0.381. The summed E-state index contributed by atoms with van der Waals surface area (Å²) in [5.74, 6) is 1.31. The van der Waals surface area contributed by atoms with Crippen LogP contribution < -0.4 is 4.90 Å². The molecule has 3 heterocycles. The lowest BCUT2D eigenvalue weighted by Gasteiger charge is -2.28. The number of hydrogen-bond acceptors (Lipinski definition) is 7. The molecule has 2 aromatic heterocycles. The first-order valence-corrected chi connectivity index (χ1v) is 10.6. The normalized spacial score (nSPS) is 14.1. The average molecular weight is 431 g/mol. The Kier molecular flexibility index (Phi) is 6.70. The van der Waals surface area contributed by atoms with Crippen LogP contribution in [0.25, 0.3) is 0 Å². The van der Waals surface area contributed by atoms with Gasteiger partial charge in [0.1, 0.15) is 17.4 Å². The number of ether oxygens (including phenoxy) is 1. The molecule has 3 aromatic rings. The lowest BCUT2D eigenvalue weighted by Crippen LogP contribution is -2.42. The van der Waals surface area contributed by atoms with Gasteiger partial charge in [0.2, 0.25) is 11.0 Å². The van der Waals surface area contributed by atoms with Crippen molar-refractivity contribution in [3.05, 3.63) is 65.6 Å². The largest absolute Gasteiger partial charge is 0.467 e. The third-order valence-corrected chi connectivity index (χ3v) is 5.70. The molecule has 1 aliphatic heterocycles. The van der Waals surface area contributed by atoms with Gasteiger partial charge in [-0.1, -0.05) is 12.1 Å². The molecule has 30 heavy (non-hydrogen) atoms. The summed E-state index contributed by atoms with van der Waals surface area (Å²) in [7, 11) is 0. The summed E-state index contributed by atoms with van der Waals surface area (Å²) in [6.07, 6.45) is 2.54. The second-order valence-corrected chi connectivity index (χ2v) is 7.77. The number of morpholine rings is 1. The van der Waals surface area contributed by atoms with Crippen LogP contribution in [0.2, 0.25) is 0 Å². The minimum atomic E-state index is -0.264. The van der Waals surface area contributed by atoms with Gasteiger partial charge in [0.05, 0.1) is 26.0 Å². The molecule has 0 saturated carbocycles. The molecule has 9 heteroatoms. The number of furan rings is 1. The topological polar surface area (TPSA) is 71.7 Å². The average Bonchev–Trinajstić information content (AvgIpc) is 3.45. The smallest absolute Gasteiger partial charge is 0.224 e. The van der Waals surface area contributed by atoms with Gasteiger partial charge in [-0.25, -0.2) is 9.37 Å². The lowest BCUT2D eigenvalue weighted by atomic mass is 10.1. The van der Waals surface area contributed by atoms with Crippen molar-refractivity contribution in [2.45, 2.75) is 19.4 Å². The summed E-state index contributed by atoms with van der Waals surface area (Å²) in [5.41, 5.74) is 0.945. The molecule has 1 fully saturated rings. The highest BCUT2D eigenvalue weighted by atomic mass is 32.1. The monoisotopic (exact) mass is 430 g/mol. The molecule has 0 unspecified atom stereocenters. The van der Waals surface area contributed by atoms with E-state index in [0.29, 0.717) is 58.1 Å². The van der Waals surface area contributed by atoms with E-state index >= 15 is 0 Å². The summed E-state index contributed by atoms with van der Waals surface area (Å²) in [6, 6.07) is 10.1. The van der Waals surface area contributed by atoms with Crippen LogP contribution in [0.3, 0.4) is 0 Å². The minimum Gasteiger partial charge on any atom is -0.467 e. The molecule has 1 aromatic carbocycles. The van der Waals surface area contributed by atoms with Crippen molar-refractivity contribution in [1.29, 1.82) is 0 Å². The van der Waals surface area contributed by atoms with Gasteiger partial charge >= 0.3 is 0 Å². The van der Waals surface area contributed by atoms with Crippen molar-refractivity contribution in [2.75, 3.05) is 37.7 Å². The Morgan fingerprint density at radius 1 is 1.20 bits per heavy atom. The van der Waals surface area contributed by atoms with E-state index in [1.807, 2.05) is 21.9 Å². The molecule has 0 bridgehead atoms. The van der Waals surface area contributed by atoms with Crippen molar-refractivity contribution >= 4 is 22.6 Å². The summed E-state index contributed by atoms with van der Waals surface area (Å²) >= 11 is 1.29. The van der Waals surface area contributed by atoms with E-state index in [-0.39, 0.29) is 11.7 Å². The second-order valence-electron chi connectivity index (χ2n) is 7.04. The number of carbonyl (C=O) groups is 1. The van der Waals surface area contributed by atoms with Crippen molar-refractivity contribution in [3.8, 4) is 0 Å². The number of halogens is 1. The van der Waals surface area contributed by atoms with Crippen LogP contribution in [0.5, 0.6) is 0 Å². The Labute approximate surface area is 178 Å². The van der Waals surface area contributed by atoms with E-state index in [1.165, 1.54) is 23.7 Å². The molecule has 0 atom stereocenters. The Morgan fingerprint density at radius 2 is 2.00 bits per heavy atom. The molecule has 4 rings (SSSR count). The quantitative estimate of drug-likeness (QED) is 0.547. The maximum atomic E-state index is 13.1. The predicted molar refractivity (Wildman–Crippen MR) is 111 cm³/mol. The van der Waals surface area contributed by atoms with Gasteiger partial charge in [0, 0.05) is 44.0 Å². The van der Waals surface area contributed by atoms with E-state index in [1.54, 1.807) is 18.4 Å². The number of hydrogen-bond donors (Lipinski definition) is 0. The van der Waals surface area contributed by atoms with E-state index in [9.17, 15) is 9.18 Å². The third kappa shape index (κ3) is 5.43. The zero-order chi connectivity index (χ0) is 20.8. The third-order valence-electron chi connectivity index (χ3n) is 4.89. The fourth-order valence-corrected chi connectivity index (χ4v) is 3.97. The van der Waals surface area contributed by atoms with Crippen molar-refractivity contribution in [3.63, 3.8) is 0 Å². The molecule has 158 valence electrons. The van der Waals surface area contributed by atoms with Gasteiger partial charge in [-0.2, -0.15) is 4.37 Å². The predicted octanol–water partition coefficient (Wildman–Crippen LogP) is 3.12. The van der Waals surface area contributed by atoms with E-state index in [2.05, 4.69) is 9.36 Å². The maximum Gasteiger partial charge on any atom is 0.224 e. The molecular formula is C21H23FN4O3S. The van der Waals surface area contributed by atoms with E-state index < -0.39 is 0 Å². The zero-order valence-corrected chi connectivity index (χ0v) is 17.3. The van der Waals surface area contributed by atoms with Crippen LogP contribution in [0.15, 0.2) is 47.1 Å². The van der Waals surface area contributed by atoms with Gasteiger partial charge in [0.15, 0.2) is 0 Å². The SMILES string of the molecule is O=C(CCN(Cc1ccco1)c1nc(Cc2ccc(F)cc2)ns1)N1CCOCC1. The molecule has 0 radical (unpaired) electrons. The molecule has 1 saturated heterocycles. The zero-order valence-electron chi connectivity index (χ0n) is 16.5. The second kappa shape index (κ2) is 9.82. The first kappa shape index (κ1) is 20.5. The molecular weight excluding hydrogens is 407 g/mol.